The highest BCUT2D eigenvalue weighted by Gasteiger charge is 2.65. The van der Waals surface area contributed by atoms with E-state index in [0.29, 0.717) is 37.7 Å². The van der Waals surface area contributed by atoms with Gasteiger partial charge in [0.1, 0.15) is 6.29 Å². The lowest BCUT2D eigenvalue weighted by Gasteiger charge is -2.52. The van der Waals surface area contributed by atoms with Crippen LogP contribution < -0.4 is 0 Å². The van der Waals surface area contributed by atoms with E-state index in [1.807, 2.05) is 12.1 Å². The highest BCUT2D eigenvalue weighted by atomic mass is 19.4. The average Bonchev–Trinajstić information content (AvgIpc) is 3.12. The molecule has 1 aromatic carbocycles. The molecule has 35 heavy (non-hydrogen) atoms. The highest BCUT2D eigenvalue weighted by Crippen LogP contribution is 2.65. The number of allylic oxidation sites excluding steroid dienone is 4. The largest absolute Gasteiger partial charge is 0.482 e. The van der Waals surface area contributed by atoms with Crippen LogP contribution in [0.3, 0.4) is 0 Å². The van der Waals surface area contributed by atoms with Gasteiger partial charge in [0.2, 0.25) is 0 Å². The van der Waals surface area contributed by atoms with Crippen molar-refractivity contribution in [2.45, 2.75) is 76.2 Å². The van der Waals surface area contributed by atoms with E-state index < -0.39 is 23.8 Å². The number of ether oxygens (including phenoxy) is 1. The number of aldehydes is 1. The summed E-state index contributed by atoms with van der Waals surface area (Å²) in [4.78, 5) is 23.2. The number of rotatable bonds is 4. The van der Waals surface area contributed by atoms with Crippen LogP contribution in [-0.4, -0.2) is 30.5 Å². The Morgan fingerprint density at radius 3 is 2.37 bits per heavy atom. The molecule has 188 valence electrons. The van der Waals surface area contributed by atoms with E-state index in [0.717, 1.165) is 29.4 Å². The van der Waals surface area contributed by atoms with Crippen molar-refractivity contribution < 1.29 is 36.3 Å². The van der Waals surface area contributed by atoms with Crippen LogP contribution in [0.5, 0.6) is 0 Å². The maximum Gasteiger partial charge on any atom is 0.482 e. The lowest BCUT2D eigenvalue weighted by atomic mass is 9.53. The Morgan fingerprint density at radius 1 is 1.00 bits per heavy atom. The number of fused-ring (bicyclic) bond motifs is 4. The zero-order valence-corrected chi connectivity index (χ0v) is 19.3. The van der Waals surface area contributed by atoms with Crippen molar-refractivity contribution in [3.8, 4) is 0 Å². The summed E-state index contributed by atoms with van der Waals surface area (Å²) in [5.41, 5.74) is 3.90. The van der Waals surface area contributed by atoms with Gasteiger partial charge in [-0.05, 0) is 78.6 Å². The molecule has 0 bridgehead atoms. The van der Waals surface area contributed by atoms with Crippen LogP contribution in [0.1, 0.15) is 73.7 Å². The van der Waals surface area contributed by atoms with Crippen LogP contribution in [0.2, 0.25) is 0 Å². The van der Waals surface area contributed by atoms with E-state index >= 15 is 0 Å². The van der Waals surface area contributed by atoms with Crippen molar-refractivity contribution in [3.63, 3.8) is 0 Å². The third-order valence-corrected chi connectivity index (χ3v) is 8.74. The minimum Gasteiger partial charge on any atom is -0.309 e. The van der Waals surface area contributed by atoms with Gasteiger partial charge in [0.25, 0.3) is 0 Å². The van der Waals surface area contributed by atoms with Gasteiger partial charge < -0.3 is 4.74 Å². The maximum atomic E-state index is 14.0. The first-order valence-electron chi connectivity index (χ1n) is 12.1. The second-order valence-corrected chi connectivity index (χ2v) is 10.6. The molecule has 8 heteroatoms. The summed E-state index contributed by atoms with van der Waals surface area (Å²) < 4.78 is 71.5. The summed E-state index contributed by atoms with van der Waals surface area (Å²) in [5, 5.41) is 0. The third-order valence-electron chi connectivity index (χ3n) is 8.74. The first kappa shape index (κ1) is 24.3. The van der Waals surface area contributed by atoms with Crippen LogP contribution in [0.25, 0.3) is 0 Å². The van der Waals surface area contributed by atoms with E-state index in [9.17, 15) is 31.5 Å². The molecule has 1 aromatic rings. The van der Waals surface area contributed by atoms with E-state index in [1.165, 1.54) is 5.57 Å². The Bertz CT molecular complexity index is 1100. The van der Waals surface area contributed by atoms with Crippen molar-refractivity contribution in [1.29, 1.82) is 0 Å². The molecule has 4 aliphatic rings. The smallest absolute Gasteiger partial charge is 0.309 e. The van der Waals surface area contributed by atoms with Gasteiger partial charge in [-0.15, -0.1) is 0 Å². The Labute approximate surface area is 200 Å². The minimum atomic E-state index is -5.77. The first-order valence-corrected chi connectivity index (χ1v) is 12.1. The fourth-order valence-corrected chi connectivity index (χ4v) is 7.16. The van der Waals surface area contributed by atoms with Gasteiger partial charge in [0.05, 0.1) is 6.10 Å². The van der Waals surface area contributed by atoms with Crippen LogP contribution in [-0.2, 0) is 9.53 Å². The topological polar surface area (TPSA) is 43.4 Å². The molecule has 0 amide bonds. The molecule has 3 unspecified atom stereocenters. The molecule has 0 spiro atoms. The van der Waals surface area contributed by atoms with Crippen molar-refractivity contribution in [3.05, 3.63) is 58.2 Å². The van der Waals surface area contributed by atoms with E-state index in [4.69, 9.17) is 0 Å². The zero-order valence-electron chi connectivity index (χ0n) is 19.3. The summed E-state index contributed by atoms with van der Waals surface area (Å²) in [7, 11) is 0. The molecule has 0 radical (unpaired) electrons. The molecule has 0 aliphatic heterocycles. The number of alkyl halides is 5. The van der Waals surface area contributed by atoms with Crippen molar-refractivity contribution >= 4 is 12.1 Å². The number of hydrogen-bond acceptors (Lipinski definition) is 3. The predicted molar refractivity (Wildman–Crippen MR) is 118 cm³/mol. The van der Waals surface area contributed by atoms with Crippen molar-refractivity contribution in [1.82, 2.24) is 0 Å². The number of carbonyl (C=O) groups is 2. The number of halogens is 5. The van der Waals surface area contributed by atoms with Gasteiger partial charge in [0, 0.05) is 17.9 Å². The van der Waals surface area contributed by atoms with Gasteiger partial charge in [0.15, 0.2) is 5.78 Å². The molecule has 0 saturated heterocycles. The second kappa shape index (κ2) is 8.36. The molecule has 3 nitrogen and oxygen atoms in total. The molecule has 2 saturated carbocycles. The zero-order chi connectivity index (χ0) is 25.2. The number of ketones is 1. The Hall–Kier alpha value is -2.35. The highest BCUT2D eigenvalue weighted by molar-refractivity contribution is 5.93. The second-order valence-electron chi connectivity index (χ2n) is 10.6. The van der Waals surface area contributed by atoms with Crippen LogP contribution in [0.15, 0.2) is 47.1 Å². The van der Waals surface area contributed by atoms with Crippen LogP contribution >= 0.6 is 0 Å². The summed E-state index contributed by atoms with van der Waals surface area (Å²) in [6, 6.07) is 7.07. The Balaban J connectivity index is 1.59. The number of carbonyl (C=O) groups excluding carboxylic acids is 2. The molecule has 0 aromatic heterocycles. The number of benzene rings is 1. The van der Waals surface area contributed by atoms with Gasteiger partial charge >= 0.3 is 12.3 Å². The lowest BCUT2D eigenvalue weighted by Crippen LogP contribution is -2.50. The van der Waals surface area contributed by atoms with Crippen LogP contribution in [0, 0.1) is 17.3 Å². The summed E-state index contributed by atoms with van der Waals surface area (Å²) in [6.45, 7) is 1.80. The van der Waals surface area contributed by atoms with E-state index in [-0.39, 0.29) is 30.0 Å². The minimum absolute atomic E-state index is 0.0259. The standard InChI is InChI=1S/C27H27F5O3/c1-25-13-21(16-4-2-15(14-33)3-5-16)24-19-9-7-18(34)12-17(19)6-8-20(24)22(25)10-11-23(25)35-27(31,32)26(28,29)30/h2-5,12,14,20-23H,6-11,13H2,1H3/t20?,21?,22?,23-,25-/m0/s1. The van der Waals surface area contributed by atoms with Gasteiger partial charge in [-0.25, -0.2) is 0 Å². The maximum absolute atomic E-state index is 14.0. The molecule has 0 heterocycles. The van der Waals surface area contributed by atoms with Gasteiger partial charge in [-0.2, -0.15) is 22.0 Å². The van der Waals surface area contributed by atoms with Crippen LogP contribution in [0.4, 0.5) is 22.0 Å². The van der Waals surface area contributed by atoms with Crippen molar-refractivity contribution in [2.75, 3.05) is 0 Å². The molecular formula is C27H27F5O3. The lowest BCUT2D eigenvalue weighted by molar-refractivity contribution is -0.408. The summed E-state index contributed by atoms with van der Waals surface area (Å²) >= 11 is 0. The van der Waals surface area contributed by atoms with Crippen molar-refractivity contribution in [2.24, 2.45) is 17.3 Å². The van der Waals surface area contributed by atoms with Gasteiger partial charge in [-0.1, -0.05) is 36.8 Å². The third kappa shape index (κ3) is 3.98. The first-order chi connectivity index (χ1) is 16.4. The molecule has 5 rings (SSSR count). The molecule has 4 aliphatic carbocycles. The molecule has 0 N–H and O–H groups in total. The van der Waals surface area contributed by atoms with E-state index in [1.54, 1.807) is 25.1 Å². The predicted octanol–water partition coefficient (Wildman–Crippen LogP) is 6.94. The fourth-order valence-electron chi connectivity index (χ4n) is 7.16. The summed E-state index contributed by atoms with van der Waals surface area (Å²) in [6.07, 6.45) is -6.26. The van der Waals surface area contributed by atoms with Gasteiger partial charge in [-0.3, -0.25) is 9.59 Å². The molecule has 2 fully saturated rings. The Morgan fingerprint density at radius 2 is 1.71 bits per heavy atom. The molecule has 5 atom stereocenters. The Kier molecular flexibility index (Phi) is 5.81. The molecular weight excluding hydrogens is 467 g/mol. The summed E-state index contributed by atoms with van der Waals surface area (Å²) in [5.74, 6) is -0.168. The van der Waals surface area contributed by atoms with E-state index in [2.05, 4.69) is 4.74 Å². The number of hydrogen-bond donors (Lipinski definition) is 0. The monoisotopic (exact) mass is 494 g/mol. The fraction of sp³-hybridized carbons (Fsp3) is 0.556. The quantitative estimate of drug-likeness (QED) is 0.336. The average molecular weight is 495 g/mol. The normalized spacial score (nSPS) is 33.1. The SMILES string of the molecule is C[C@]12CC(c3ccc(C=O)cc3)C3=C4CCC(=O)C=C4CCC3C1CC[C@@H]2OC(F)(F)C(F)(F)F.